The lowest BCUT2D eigenvalue weighted by Gasteiger charge is -2.43. The van der Waals surface area contributed by atoms with Crippen LogP contribution in [0.4, 0.5) is 0 Å². The lowest BCUT2D eigenvalue weighted by atomic mass is 9.68. The summed E-state index contributed by atoms with van der Waals surface area (Å²) < 4.78 is 29.9. The van der Waals surface area contributed by atoms with Gasteiger partial charge in [-0.3, -0.25) is 0 Å². The molecule has 4 rings (SSSR count). The molecule has 0 heterocycles. The van der Waals surface area contributed by atoms with E-state index in [1.807, 2.05) is 111 Å². The smallest absolute Gasteiger partial charge is 0.123 e. The number of benzene rings is 4. The van der Waals surface area contributed by atoms with Crippen molar-refractivity contribution in [2.75, 3.05) is 41.7 Å². The van der Waals surface area contributed by atoms with Gasteiger partial charge in [-0.05, 0) is 60.4 Å². The standard InChI is InChI=1S/C38H46O7/c1-7-35(39)37(27-15-11-9-12-16-27,31-23-29(41-3)19-21-33(31)43-5)25-45-26-38(36(40)8-2,28-17-13-10-14-18-28)32-24-30(42-4)20-22-34(32)44-6/h9-24,35-36,39-40H,7-8,25-26H2,1-6H3. The van der Waals surface area contributed by atoms with Crippen LogP contribution in [0.15, 0.2) is 97.1 Å². The van der Waals surface area contributed by atoms with E-state index in [-0.39, 0.29) is 13.2 Å². The first-order valence-corrected chi connectivity index (χ1v) is 15.4. The Balaban J connectivity index is 1.95. The predicted molar refractivity (Wildman–Crippen MR) is 177 cm³/mol. The molecule has 0 spiro atoms. The van der Waals surface area contributed by atoms with E-state index in [0.29, 0.717) is 35.8 Å². The van der Waals surface area contributed by atoms with Gasteiger partial charge in [0.15, 0.2) is 0 Å². The van der Waals surface area contributed by atoms with Crippen molar-refractivity contribution in [2.24, 2.45) is 0 Å². The zero-order valence-corrected chi connectivity index (χ0v) is 27.2. The molecule has 0 bridgehead atoms. The molecule has 0 amide bonds. The van der Waals surface area contributed by atoms with Crippen LogP contribution >= 0.6 is 0 Å². The fraction of sp³-hybridized carbons (Fsp3) is 0.368. The van der Waals surface area contributed by atoms with Gasteiger partial charge in [-0.2, -0.15) is 0 Å². The molecule has 45 heavy (non-hydrogen) atoms. The van der Waals surface area contributed by atoms with Crippen molar-refractivity contribution in [1.29, 1.82) is 0 Å². The molecule has 4 unspecified atom stereocenters. The van der Waals surface area contributed by atoms with Crippen LogP contribution in [0.2, 0.25) is 0 Å². The maximum absolute atomic E-state index is 12.0. The topological polar surface area (TPSA) is 86.6 Å². The molecule has 0 aliphatic heterocycles. The van der Waals surface area contributed by atoms with Crippen molar-refractivity contribution in [3.8, 4) is 23.0 Å². The number of rotatable bonds is 16. The van der Waals surface area contributed by atoms with Crippen molar-refractivity contribution in [1.82, 2.24) is 0 Å². The van der Waals surface area contributed by atoms with Crippen LogP contribution in [-0.2, 0) is 15.6 Å². The zero-order valence-electron chi connectivity index (χ0n) is 27.2. The van der Waals surface area contributed by atoms with Crippen LogP contribution in [0.5, 0.6) is 23.0 Å². The Morgan fingerprint density at radius 2 is 0.911 bits per heavy atom. The Kier molecular flexibility index (Phi) is 11.5. The van der Waals surface area contributed by atoms with E-state index in [0.717, 1.165) is 22.3 Å². The first kappa shape index (κ1) is 33.8. The number of aliphatic hydroxyl groups is 2. The van der Waals surface area contributed by atoms with Crippen molar-refractivity contribution in [2.45, 2.75) is 49.7 Å². The summed E-state index contributed by atoms with van der Waals surface area (Å²) in [7, 11) is 6.47. The van der Waals surface area contributed by atoms with Crippen molar-refractivity contribution in [3.05, 3.63) is 119 Å². The van der Waals surface area contributed by atoms with E-state index in [4.69, 9.17) is 23.7 Å². The Hall–Kier alpha value is -4.04. The number of hydrogen-bond acceptors (Lipinski definition) is 7. The molecule has 0 fully saturated rings. The SMILES string of the molecule is CCC(O)C(COCC(c1ccccc1)(c1cc(OC)ccc1OC)C(O)CC)(c1ccccc1)c1cc(OC)ccc1OC. The highest BCUT2D eigenvalue weighted by Gasteiger charge is 2.47. The van der Waals surface area contributed by atoms with Gasteiger partial charge in [-0.1, -0.05) is 74.5 Å². The highest BCUT2D eigenvalue weighted by molar-refractivity contribution is 5.53. The minimum atomic E-state index is -1.05. The number of ether oxygens (including phenoxy) is 5. The molecular weight excluding hydrogens is 568 g/mol. The quantitative estimate of drug-likeness (QED) is 0.148. The maximum atomic E-state index is 12.0. The number of methoxy groups -OCH3 is 4. The second kappa shape index (κ2) is 15.3. The molecule has 0 saturated carbocycles. The third kappa shape index (κ3) is 6.52. The summed E-state index contributed by atoms with van der Waals surface area (Å²) in [5.74, 6) is 2.48. The largest absolute Gasteiger partial charge is 0.497 e. The number of hydrogen-bond donors (Lipinski definition) is 2. The predicted octanol–water partition coefficient (Wildman–Crippen LogP) is 6.55. The van der Waals surface area contributed by atoms with Crippen LogP contribution in [0.3, 0.4) is 0 Å². The van der Waals surface area contributed by atoms with E-state index < -0.39 is 23.0 Å². The second-order valence-electron chi connectivity index (χ2n) is 11.1. The van der Waals surface area contributed by atoms with Gasteiger partial charge in [0.25, 0.3) is 0 Å². The summed E-state index contributed by atoms with van der Waals surface area (Å²) in [6, 6.07) is 30.9. The monoisotopic (exact) mass is 614 g/mol. The van der Waals surface area contributed by atoms with Crippen molar-refractivity contribution in [3.63, 3.8) is 0 Å². The van der Waals surface area contributed by atoms with Crippen molar-refractivity contribution < 1.29 is 33.9 Å². The van der Waals surface area contributed by atoms with Gasteiger partial charge in [0.2, 0.25) is 0 Å². The molecule has 0 saturated heterocycles. The van der Waals surface area contributed by atoms with Gasteiger partial charge in [0.1, 0.15) is 23.0 Å². The molecule has 4 atom stereocenters. The minimum Gasteiger partial charge on any atom is -0.497 e. The van der Waals surface area contributed by atoms with E-state index >= 15 is 0 Å². The molecule has 7 nitrogen and oxygen atoms in total. The molecule has 240 valence electrons. The molecular formula is C38H46O7. The van der Waals surface area contributed by atoms with Gasteiger partial charge in [-0.15, -0.1) is 0 Å². The Morgan fingerprint density at radius 3 is 1.22 bits per heavy atom. The van der Waals surface area contributed by atoms with E-state index in [1.165, 1.54) is 0 Å². The highest BCUT2D eigenvalue weighted by Crippen LogP contribution is 2.46. The summed E-state index contributed by atoms with van der Waals surface area (Å²) >= 11 is 0. The molecule has 7 heteroatoms. The Morgan fingerprint density at radius 1 is 0.533 bits per heavy atom. The summed E-state index contributed by atoms with van der Waals surface area (Å²) in [6.07, 6.45) is -0.808. The summed E-state index contributed by atoms with van der Waals surface area (Å²) in [6.45, 7) is 4.05. The fourth-order valence-corrected chi connectivity index (χ4v) is 6.44. The molecule has 0 radical (unpaired) electrons. The van der Waals surface area contributed by atoms with E-state index in [1.54, 1.807) is 28.4 Å². The molecule has 4 aromatic carbocycles. The molecule has 0 aliphatic carbocycles. The van der Waals surface area contributed by atoms with Gasteiger partial charge in [0.05, 0.1) is 64.7 Å². The number of aliphatic hydroxyl groups excluding tert-OH is 2. The summed E-state index contributed by atoms with van der Waals surface area (Å²) in [5.41, 5.74) is 1.12. The highest BCUT2D eigenvalue weighted by atomic mass is 16.5. The normalized spacial score (nSPS) is 15.3. The molecule has 4 aromatic rings. The van der Waals surface area contributed by atoms with Crippen molar-refractivity contribution >= 4 is 0 Å². The molecule has 0 aromatic heterocycles. The van der Waals surface area contributed by atoms with E-state index in [9.17, 15) is 10.2 Å². The zero-order chi connectivity index (χ0) is 32.5. The van der Waals surface area contributed by atoms with E-state index in [2.05, 4.69) is 0 Å². The fourth-order valence-electron chi connectivity index (χ4n) is 6.44. The third-order valence-corrected chi connectivity index (χ3v) is 8.92. The van der Waals surface area contributed by atoms with Gasteiger partial charge < -0.3 is 33.9 Å². The van der Waals surface area contributed by atoms with Gasteiger partial charge in [0, 0.05) is 11.1 Å². The molecule has 2 N–H and O–H groups in total. The van der Waals surface area contributed by atoms with Crippen LogP contribution in [0, 0.1) is 0 Å². The van der Waals surface area contributed by atoms with Gasteiger partial charge >= 0.3 is 0 Å². The van der Waals surface area contributed by atoms with Gasteiger partial charge in [-0.25, -0.2) is 0 Å². The second-order valence-corrected chi connectivity index (χ2v) is 11.1. The summed E-state index contributed by atoms with van der Waals surface area (Å²) in [5, 5.41) is 23.9. The third-order valence-electron chi connectivity index (χ3n) is 8.92. The lowest BCUT2D eigenvalue weighted by molar-refractivity contribution is -0.0197. The molecule has 0 aliphatic rings. The van der Waals surface area contributed by atoms with Crippen LogP contribution in [0.25, 0.3) is 0 Å². The average molecular weight is 615 g/mol. The Bertz CT molecular complexity index is 1380. The maximum Gasteiger partial charge on any atom is 0.123 e. The van der Waals surface area contributed by atoms with Crippen LogP contribution < -0.4 is 18.9 Å². The lowest BCUT2D eigenvalue weighted by Crippen LogP contribution is -2.49. The van der Waals surface area contributed by atoms with Crippen LogP contribution in [0.1, 0.15) is 48.9 Å². The minimum absolute atomic E-state index is 0.0762. The Labute approximate surface area is 267 Å². The first-order chi connectivity index (χ1) is 21.9. The average Bonchev–Trinajstić information content (AvgIpc) is 3.11. The van der Waals surface area contributed by atoms with Crippen LogP contribution in [-0.4, -0.2) is 64.1 Å². The summed E-state index contributed by atoms with van der Waals surface area (Å²) in [4.78, 5) is 0. The first-order valence-electron chi connectivity index (χ1n) is 15.4.